The normalized spacial score (nSPS) is 21.0. The average molecular weight is 422 g/mol. The topological polar surface area (TPSA) is 98.1 Å². The molecule has 2 fully saturated rings. The van der Waals surface area contributed by atoms with Crippen LogP contribution in [0, 0.1) is 11.3 Å². The summed E-state index contributed by atoms with van der Waals surface area (Å²) in [5.74, 6) is 0.0564. The van der Waals surface area contributed by atoms with Crippen LogP contribution in [-0.2, 0) is 14.2 Å². The minimum Gasteiger partial charge on any atom is -0.486 e. The quantitative estimate of drug-likeness (QED) is 0.696. The smallest absolute Gasteiger partial charge is 0.337 e. The molecule has 2 aromatic rings. The highest BCUT2D eigenvalue weighted by atomic mass is 16.6. The molecular formula is C23H22N2O6. The molecule has 0 N–H and O–H groups in total. The Labute approximate surface area is 179 Å². The summed E-state index contributed by atoms with van der Waals surface area (Å²) in [5.41, 5.74) is 1.38. The number of benzene rings is 2. The van der Waals surface area contributed by atoms with Gasteiger partial charge in [-0.25, -0.2) is 4.79 Å². The van der Waals surface area contributed by atoms with Gasteiger partial charge in [0.25, 0.3) is 5.91 Å². The first kappa shape index (κ1) is 20.8. The molecule has 4 rings (SSSR count). The second-order valence-corrected chi connectivity index (χ2v) is 7.40. The van der Waals surface area contributed by atoms with Crippen LogP contribution in [0.25, 0.3) is 0 Å². The van der Waals surface area contributed by atoms with Crippen molar-refractivity contribution in [2.24, 2.45) is 0 Å². The molecule has 0 unspecified atom stereocenters. The molecule has 8 heteroatoms. The van der Waals surface area contributed by atoms with Crippen LogP contribution >= 0.6 is 0 Å². The zero-order valence-corrected chi connectivity index (χ0v) is 17.0. The van der Waals surface area contributed by atoms with Crippen molar-refractivity contribution in [3.8, 4) is 11.8 Å². The first-order valence-electron chi connectivity index (χ1n) is 9.95. The van der Waals surface area contributed by atoms with E-state index < -0.39 is 5.97 Å². The van der Waals surface area contributed by atoms with Crippen LogP contribution in [-0.4, -0.2) is 68.5 Å². The number of amides is 1. The Morgan fingerprint density at radius 2 is 1.71 bits per heavy atom. The van der Waals surface area contributed by atoms with Crippen LogP contribution in [0.5, 0.6) is 5.75 Å². The standard InChI is InChI=1S/C23H22N2O6/c1-28-23(27)16-5-7-18(8-6-16)31-19-13-29-20-11-25(12-21(20)30-14-19)22(26)17-4-2-3-15(9-17)10-24/h2-9,19-21H,11-14H2,1H3/t20-,21-/m0/s1. The van der Waals surface area contributed by atoms with Gasteiger partial charge in [-0.2, -0.15) is 5.26 Å². The summed E-state index contributed by atoms with van der Waals surface area (Å²) < 4.78 is 22.6. The predicted molar refractivity (Wildman–Crippen MR) is 109 cm³/mol. The lowest BCUT2D eigenvalue weighted by atomic mass is 10.1. The molecule has 2 aliphatic rings. The molecule has 2 saturated heterocycles. The number of nitrogens with zero attached hydrogens (tertiary/aromatic N) is 2. The van der Waals surface area contributed by atoms with Crippen LogP contribution in [0.15, 0.2) is 48.5 Å². The lowest BCUT2D eigenvalue weighted by molar-refractivity contribution is -0.00461. The Bertz CT molecular complexity index is 984. The van der Waals surface area contributed by atoms with Crippen LogP contribution in [0.2, 0.25) is 0 Å². The summed E-state index contributed by atoms with van der Waals surface area (Å²) in [6.45, 7) is 1.49. The van der Waals surface area contributed by atoms with Crippen molar-refractivity contribution in [1.82, 2.24) is 4.90 Å². The molecule has 1 amide bonds. The number of esters is 1. The number of ether oxygens (including phenoxy) is 4. The lowest BCUT2D eigenvalue weighted by Gasteiger charge is -2.20. The third-order valence-corrected chi connectivity index (χ3v) is 5.31. The van der Waals surface area contributed by atoms with E-state index in [4.69, 9.17) is 19.5 Å². The van der Waals surface area contributed by atoms with Gasteiger partial charge in [-0.3, -0.25) is 4.79 Å². The SMILES string of the molecule is COC(=O)c1ccc(OC2CO[C@H]3CN(C(=O)c4cccc(C#N)c4)C[C@@H]3OC2)cc1. The lowest BCUT2D eigenvalue weighted by Crippen LogP contribution is -2.32. The minimum atomic E-state index is -0.404. The summed E-state index contributed by atoms with van der Waals surface area (Å²) in [5, 5.41) is 9.04. The van der Waals surface area contributed by atoms with Crippen molar-refractivity contribution in [2.45, 2.75) is 18.3 Å². The van der Waals surface area contributed by atoms with E-state index >= 15 is 0 Å². The molecule has 0 aromatic heterocycles. The number of nitriles is 1. The molecule has 2 heterocycles. The highest BCUT2D eigenvalue weighted by molar-refractivity contribution is 5.94. The van der Waals surface area contributed by atoms with E-state index in [0.717, 1.165) is 0 Å². The van der Waals surface area contributed by atoms with Gasteiger partial charge < -0.3 is 23.8 Å². The summed E-state index contributed by atoms with van der Waals surface area (Å²) >= 11 is 0. The maximum Gasteiger partial charge on any atom is 0.337 e. The number of hydrogen-bond acceptors (Lipinski definition) is 7. The molecule has 0 radical (unpaired) electrons. The molecule has 2 aromatic carbocycles. The van der Waals surface area contributed by atoms with E-state index in [-0.39, 0.29) is 24.2 Å². The third kappa shape index (κ3) is 4.68. The molecular weight excluding hydrogens is 400 g/mol. The molecule has 8 nitrogen and oxygen atoms in total. The highest BCUT2D eigenvalue weighted by Crippen LogP contribution is 2.24. The number of methoxy groups -OCH3 is 1. The largest absolute Gasteiger partial charge is 0.486 e. The zero-order valence-electron chi connectivity index (χ0n) is 17.0. The van der Waals surface area contributed by atoms with Gasteiger partial charge >= 0.3 is 5.97 Å². The van der Waals surface area contributed by atoms with Gasteiger partial charge in [-0.05, 0) is 42.5 Å². The fourth-order valence-electron chi connectivity index (χ4n) is 3.69. The first-order chi connectivity index (χ1) is 15.1. The second kappa shape index (κ2) is 9.16. The number of fused-ring (bicyclic) bond motifs is 1. The molecule has 0 bridgehead atoms. The van der Waals surface area contributed by atoms with Gasteiger partial charge in [0.1, 0.15) is 24.1 Å². The Balaban J connectivity index is 1.33. The number of likely N-dealkylation sites (tertiary alicyclic amines) is 1. The molecule has 160 valence electrons. The predicted octanol–water partition coefficient (Wildman–Crippen LogP) is 2.03. The fourth-order valence-corrected chi connectivity index (χ4v) is 3.69. The van der Waals surface area contributed by atoms with Crippen LogP contribution in [0.3, 0.4) is 0 Å². The van der Waals surface area contributed by atoms with Crippen LogP contribution in [0.1, 0.15) is 26.3 Å². The fraction of sp³-hybridized carbons (Fsp3) is 0.348. The van der Waals surface area contributed by atoms with Gasteiger partial charge in [0.2, 0.25) is 0 Å². The summed E-state index contributed by atoms with van der Waals surface area (Å²) in [4.78, 5) is 26.0. The van der Waals surface area contributed by atoms with Gasteiger partial charge in [0.15, 0.2) is 0 Å². The van der Waals surface area contributed by atoms with E-state index in [1.165, 1.54) is 7.11 Å². The molecule has 2 atom stereocenters. The number of hydrogen-bond donors (Lipinski definition) is 0. The van der Waals surface area contributed by atoms with Crippen LogP contribution in [0.4, 0.5) is 0 Å². The van der Waals surface area contributed by atoms with Gasteiger partial charge in [-0.1, -0.05) is 6.07 Å². The number of carbonyl (C=O) groups excluding carboxylic acids is 2. The Hall–Kier alpha value is -3.41. The molecule has 2 aliphatic heterocycles. The van der Waals surface area contributed by atoms with Gasteiger partial charge in [-0.15, -0.1) is 0 Å². The molecule has 31 heavy (non-hydrogen) atoms. The van der Waals surface area contributed by atoms with Crippen molar-refractivity contribution < 1.29 is 28.5 Å². The van der Waals surface area contributed by atoms with Gasteiger partial charge in [0.05, 0.1) is 37.5 Å². The first-order valence-corrected chi connectivity index (χ1v) is 9.95. The summed E-state index contributed by atoms with van der Waals surface area (Å²) in [7, 11) is 1.34. The number of carbonyl (C=O) groups is 2. The third-order valence-electron chi connectivity index (χ3n) is 5.31. The van der Waals surface area contributed by atoms with E-state index in [1.807, 2.05) is 0 Å². The molecule has 0 spiro atoms. The van der Waals surface area contributed by atoms with E-state index in [2.05, 4.69) is 10.8 Å². The maximum atomic E-state index is 12.8. The van der Waals surface area contributed by atoms with Gasteiger partial charge in [0, 0.05) is 18.7 Å². The zero-order chi connectivity index (χ0) is 21.8. The van der Waals surface area contributed by atoms with E-state index in [0.29, 0.717) is 48.7 Å². The van der Waals surface area contributed by atoms with Crippen molar-refractivity contribution in [1.29, 1.82) is 5.26 Å². The van der Waals surface area contributed by atoms with E-state index in [9.17, 15) is 9.59 Å². The molecule has 0 aliphatic carbocycles. The van der Waals surface area contributed by atoms with Crippen molar-refractivity contribution in [2.75, 3.05) is 33.4 Å². The van der Waals surface area contributed by atoms with Crippen LogP contribution < -0.4 is 4.74 Å². The van der Waals surface area contributed by atoms with Crippen molar-refractivity contribution in [3.63, 3.8) is 0 Å². The van der Waals surface area contributed by atoms with E-state index in [1.54, 1.807) is 53.4 Å². The summed E-state index contributed by atoms with van der Waals surface area (Å²) in [6, 6.07) is 15.4. The monoisotopic (exact) mass is 422 g/mol. The molecule has 0 saturated carbocycles. The highest BCUT2D eigenvalue weighted by Gasteiger charge is 2.40. The maximum absolute atomic E-state index is 12.8. The Morgan fingerprint density at radius 1 is 1.03 bits per heavy atom. The second-order valence-electron chi connectivity index (χ2n) is 7.40. The Morgan fingerprint density at radius 3 is 2.32 bits per heavy atom. The average Bonchev–Trinajstić information content (AvgIpc) is 3.14. The minimum absolute atomic E-state index is 0.143. The van der Waals surface area contributed by atoms with Crippen molar-refractivity contribution in [3.05, 3.63) is 65.2 Å². The Kier molecular flexibility index (Phi) is 6.16. The number of rotatable bonds is 4. The summed E-state index contributed by atoms with van der Waals surface area (Å²) in [6.07, 6.45) is -0.775. The van der Waals surface area contributed by atoms with Crippen molar-refractivity contribution >= 4 is 11.9 Å².